The summed E-state index contributed by atoms with van der Waals surface area (Å²) < 4.78 is 40.1. The second-order valence-electron chi connectivity index (χ2n) is 5.35. The highest BCUT2D eigenvalue weighted by Gasteiger charge is 2.28. The van der Waals surface area contributed by atoms with Gasteiger partial charge in [-0.1, -0.05) is 13.3 Å². The van der Waals surface area contributed by atoms with Gasteiger partial charge in [0.25, 0.3) is 0 Å². The van der Waals surface area contributed by atoms with Crippen LogP contribution in [0, 0.1) is 5.82 Å². The quantitative estimate of drug-likeness (QED) is 0.833. The molecule has 2 heterocycles. The standard InChI is InChI=1S/C14H22FN3O2S/c1-2-3-7-18(11-13-5-4-6-17-13)21(19,20)14-8-12(15)9-16-10-14/h8-10,13,17H,2-7,11H2,1H3. The van der Waals surface area contributed by atoms with Crippen molar-refractivity contribution < 1.29 is 12.8 Å². The monoisotopic (exact) mass is 315 g/mol. The summed E-state index contributed by atoms with van der Waals surface area (Å²) in [5, 5.41) is 3.30. The largest absolute Gasteiger partial charge is 0.313 e. The van der Waals surface area contributed by atoms with E-state index < -0.39 is 15.8 Å². The molecule has 0 radical (unpaired) electrons. The molecule has 1 fully saturated rings. The van der Waals surface area contributed by atoms with Gasteiger partial charge in [0.05, 0.1) is 6.20 Å². The Morgan fingerprint density at radius 3 is 2.90 bits per heavy atom. The second kappa shape index (κ2) is 7.29. The van der Waals surface area contributed by atoms with Gasteiger partial charge in [0.15, 0.2) is 0 Å². The normalized spacial score (nSPS) is 19.3. The molecular weight excluding hydrogens is 293 g/mol. The van der Waals surface area contributed by atoms with Crippen molar-refractivity contribution in [3.63, 3.8) is 0 Å². The van der Waals surface area contributed by atoms with Crippen LogP contribution in [0.3, 0.4) is 0 Å². The molecule has 5 nitrogen and oxygen atoms in total. The minimum Gasteiger partial charge on any atom is -0.313 e. The fourth-order valence-corrected chi connectivity index (χ4v) is 3.98. The number of nitrogens with zero attached hydrogens (tertiary/aromatic N) is 2. The third-order valence-electron chi connectivity index (χ3n) is 3.67. The zero-order valence-corrected chi connectivity index (χ0v) is 13.1. The SMILES string of the molecule is CCCCN(CC1CCCN1)S(=O)(=O)c1cncc(F)c1. The van der Waals surface area contributed by atoms with Gasteiger partial charge in [0.2, 0.25) is 10.0 Å². The highest BCUT2D eigenvalue weighted by molar-refractivity contribution is 7.89. The van der Waals surface area contributed by atoms with Gasteiger partial charge >= 0.3 is 0 Å². The number of sulfonamides is 1. The Morgan fingerprint density at radius 2 is 2.29 bits per heavy atom. The number of aromatic nitrogens is 1. The van der Waals surface area contributed by atoms with Gasteiger partial charge in [-0.2, -0.15) is 4.31 Å². The fraction of sp³-hybridized carbons (Fsp3) is 0.643. The topological polar surface area (TPSA) is 62.3 Å². The van der Waals surface area contributed by atoms with Gasteiger partial charge in [-0.05, 0) is 31.9 Å². The summed E-state index contributed by atoms with van der Waals surface area (Å²) in [5.74, 6) is -0.634. The summed E-state index contributed by atoms with van der Waals surface area (Å²) in [7, 11) is -3.69. The maximum atomic E-state index is 13.3. The number of hydrogen-bond acceptors (Lipinski definition) is 4. The van der Waals surface area contributed by atoms with E-state index in [-0.39, 0.29) is 10.9 Å². The molecule has 0 aromatic carbocycles. The number of rotatable bonds is 7. The molecule has 0 spiro atoms. The van der Waals surface area contributed by atoms with E-state index in [2.05, 4.69) is 10.3 Å². The van der Waals surface area contributed by atoms with E-state index in [1.54, 1.807) is 0 Å². The van der Waals surface area contributed by atoms with Crippen LogP contribution in [0.4, 0.5) is 4.39 Å². The number of pyridine rings is 1. The molecule has 2 rings (SSSR count). The number of nitrogens with one attached hydrogen (secondary N) is 1. The summed E-state index contributed by atoms with van der Waals surface area (Å²) in [6, 6.07) is 1.21. The summed E-state index contributed by atoms with van der Waals surface area (Å²) in [6.07, 6.45) is 5.95. The van der Waals surface area contributed by atoms with E-state index in [0.717, 1.165) is 44.5 Å². The van der Waals surface area contributed by atoms with Crippen LogP contribution >= 0.6 is 0 Å². The van der Waals surface area contributed by atoms with Crippen LogP contribution < -0.4 is 5.32 Å². The van der Waals surface area contributed by atoms with Gasteiger partial charge in [0.1, 0.15) is 10.7 Å². The van der Waals surface area contributed by atoms with Crippen molar-refractivity contribution in [1.82, 2.24) is 14.6 Å². The average molecular weight is 315 g/mol. The van der Waals surface area contributed by atoms with E-state index in [0.29, 0.717) is 13.1 Å². The lowest BCUT2D eigenvalue weighted by molar-refractivity contribution is 0.363. The van der Waals surface area contributed by atoms with Gasteiger partial charge in [0, 0.05) is 25.3 Å². The van der Waals surface area contributed by atoms with Gasteiger partial charge in [-0.3, -0.25) is 4.98 Å². The highest BCUT2D eigenvalue weighted by atomic mass is 32.2. The molecule has 1 aromatic heterocycles. The van der Waals surface area contributed by atoms with Crippen molar-refractivity contribution in [2.24, 2.45) is 0 Å². The molecule has 1 aliphatic rings. The van der Waals surface area contributed by atoms with Crippen LogP contribution in [-0.4, -0.2) is 43.4 Å². The molecular formula is C14H22FN3O2S. The van der Waals surface area contributed by atoms with E-state index in [1.165, 1.54) is 10.5 Å². The zero-order valence-electron chi connectivity index (χ0n) is 12.3. The number of hydrogen-bond donors (Lipinski definition) is 1. The molecule has 1 aromatic rings. The lowest BCUT2D eigenvalue weighted by atomic mass is 10.2. The summed E-state index contributed by atoms with van der Waals surface area (Å²) >= 11 is 0. The van der Waals surface area contributed by atoms with Crippen molar-refractivity contribution in [2.45, 2.75) is 43.5 Å². The maximum Gasteiger partial charge on any atom is 0.244 e. The Bertz CT molecular complexity index is 559. The van der Waals surface area contributed by atoms with Gasteiger partial charge in [-0.25, -0.2) is 12.8 Å². The van der Waals surface area contributed by atoms with E-state index >= 15 is 0 Å². The second-order valence-corrected chi connectivity index (χ2v) is 7.29. The highest BCUT2D eigenvalue weighted by Crippen LogP contribution is 2.18. The lowest BCUT2D eigenvalue weighted by Gasteiger charge is -2.25. The Morgan fingerprint density at radius 1 is 1.48 bits per heavy atom. The molecule has 0 saturated carbocycles. The summed E-state index contributed by atoms with van der Waals surface area (Å²) in [6.45, 7) is 3.82. The number of unbranched alkanes of at least 4 members (excludes halogenated alkanes) is 1. The molecule has 1 aliphatic heterocycles. The van der Waals surface area contributed by atoms with Crippen molar-refractivity contribution >= 4 is 10.0 Å². The molecule has 21 heavy (non-hydrogen) atoms. The van der Waals surface area contributed by atoms with Gasteiger partial charge < -0.3 is 5.32 Å². The Hall–Kier alpha value is -1.05. The van der Waals surface area contributed by atoms with Gasteiger partial charge in [-0.15, -0.1) is 0 Å². The van der Waals surface area contributed by atoms with Crippen LogP contribution in [0.15, 0.2) is 23.4 Å². The molecule has 0 amide bonds. The van der Waals surface area contributed by atoms with Crippen molar-refractivity contribution in [3.8, 4) is 0 Å². The van der Waals surface area contributed by atoms with Crippen LogP contribution in [0.5, 0.6) is 0 Å². The first-order valence-electron chi connectivity index (χ1n) is 7.38. The van der Waals surface area contributed by atoms with Crippen LogP contribution in [0.25, 0.3) is 0 Å². The fourth-order valence-electron chi connectivity index (χ4n) is 2.48. The van der Waals surface area contributed by atoms with Crippen molar-refractivity contribution in [1.29, 1.82) is 0 Å². The van der Waals surface area contributed by atoms with Crippen LogP contribution in [0.2, 0.25) is 0 Å². The molecule has 1 saturated heterocycles. The number of halogens is 1. The molecule has 118 valence electrons. The first-order valence-corrected chi connectivity index (χ1v) is 8.82. The predicted molar refractivity (Wildman–Crippen MR) is 78.9 cm³/mol. The first-order chi connectivity index (χ1) is 10.0. The lowest BCUT2D eigenvalue weighted by Crippen LogP contribution is -2.41. The van der Waals surface area contributed by atoms with Crippen molar-refractivity contribution in [2.75, 3.05) is 19.6 Å². The summed E-state index contributed by atoms with van der Waals surface area (Å²) in [5.41, 5.74) is 0. The minimum absolute atomic E-state index is 0.0726. The van der Waals surface area contributed by atoms with Crippen molar-refractivity contribution in [3.05, 3.63) is 24.3 Å². The Balaban J connectivity index is 2.20. The smallest absolute Gasteiger partial charge is 0.244 e. The third kappa shape index (κ3) is 4.21. The molecule has 1 unspecified atom stereocenters. The molecule has 0 aliphatic carbocycles. The van der Waals surface area contributed by atoms with E-state index in [1.807, 2.05) is 6.92 Å². The van der Waals surface area contributed by atoms with Crippen LogP contribution in [-0.2, 0) is 10.0 Å². The third-order valence-corrected chi connectivity index (χ3v) is 5.50. The minimum atomic E-state index is -3.69. The maximum absolute atomic E-state index is 13.3. The molecule has 0 bridgehead atoms. The first kappa shape index (κ1) is 16.3. The Kier molecular flexibility index (Phi) is 5.66. The predicted octanol–water partition coefficient (Wildman–Crippen LogP) is 1.76. The van der Waals surface area contributed by atoms with E-state index in [9.17, 15) is 12.8 Å². The Labute approximate surface area is 125 Å². The summed E-state index contributed by atoms with van der Waals surface area (Å²) in [4.78, 5) is 3.58. The van der Waals surface area contributed by atoms with E-state index in [4.69, 9.17) is 0 Å². The van der Waals surface area contributed by atoms with Crippen LogP contribution in [0.1, 0.15) is 32.6 Å². The molecule has 7 heteroatoms. The molecule has 1 atom stereocenters. The average Bonchev–Trinajstić information content (AvgIpc) is 2.96. The zero-order chi connectivity index (χ0) is 15.3. The molecule has 1 N–H and O–H groups in total.